The quantitative estimate of drug-likeness (QED) is 0.753. The molecular weight excluding hydrogens is 282 g/mol. The third-order valence-electron chi connectivity index (χ3n) is 3.13. The number of anilines is 1. The molecule has 7 nitrogen and oxygen atoms in total. The fourth-order valence-corrected chi connectivity index (χ4v) is 1.96. The van der Waals surface area contributed by atoms with Crippen molar-refractivity contribution in [2.45, 2.75) is 19.8 Å². The van der Waals surface area contributed by atoms with Gasteiger partial charge >= 0.3 is 0 Å². The molecule has 3 aromatic rings. The molecule has 22 heavy (non-hydrogen) atoms. The lowest BCUT2D eigenvalue weighted by Gasteiger charge is -1.99. The molecule has 0 bridgehead atoms. The molecule has 2 N–H and O–H groups in total. The van der Waals surface area contributed by atoms with Gasteiger partial charge in [0.25, 0.3) is 0 Å². The second-order valence-electron chi connectivity index (χ2n) is 4.87. The third-order valence-corrected chi connectivity index (χ3v) is 3.13. The summed E-state index contributed by atoms with van der Waals surface area (Å²) in [4.78, 5) is 19.8. The molecule has 0 saturated carbocycles. The smallest absolute Gasteiger partial charge is 0.227 e. The molecule has 2 aromatic heterocycles. The van der Waals surface area contributed by atoms with Crippen molar-refractivity contribution in [3.63, 3.8) is 0 Å². The lowest BCUT2D eigenvalue weighted by Crippen LogP contribution is -2.13. The number of aromatic nitrogens is 4. The standard InChI is InChI=1S/C15H15N5O2/c1-10-2-4-11(5-3-10)12-8-16-14(22-12)7-6-13(21)19-15-17-9-18-20-15/h2-5,8-9H,6-7H2,1H3,(H2,17,18,19,20,21). The van der Waals surface area contributed by atoms with Gasteiger partial charge in [-0.15, -0.1) is 0 Å². The van der Waals surface area contributed by atoms with E-state index in [9.17, 15) is 4.79 Å². The maximum absolute atomic E-state index is 11.7. The Bertz CT molecular complexity index is 747. The van der Waals surface area contributed by atoms with Crippen LogP contribution in [0.15, 0.2) is 41.2 Å². The number of rotatable bonds is 5. The Hall–Kier alpha value is -2.96. The number of nitrogens with zero attached hydrogens (tertiary/aromatic N) is 3. The number of nitrogens with one attached hydrogen (secondary N) is 2. The topological polar surface area (TPSA) is 96.7 Å². The molecule has 0 aliphatic rings. The molecule has 0 fully saturated rings. The van der Waals surface area contributed by atoms with Crippen LogP contribution in [0.3, 0.4) is 0 Å². The number of H-pyrrole nitrogens is 1. The zero-order chi connectivity index (χ0) is 15.4. The number of aryl methyl sites for hydroxylation is 2. The predicted octanol–water partition coefficient (Wildman–Crippen LogP) is 2.34. The lowest BCUT2D eigenvalue weighted by atomic mass is 10.1. The Labute approximate surface area is 126 Å². The summed E-state index contributed by atoms with van der Waals surface area (Å²) in [6.45, 7) is 2.03. The highest BCUT2D eigenvalue weighted by molar-refractivity contribution is 5.88. The Kier molecular flexibility index (Phi) is 3.95. The van der Waals surface area contributed by atoms with Crippen LogP contribution in [0.25, 0.3) is 11.3 Å². The van der Waals surface area contributed by atoms with Gasteiger partial charge in [0.05, 0.1) is 6.20 Å². The first-order chi connectivity index (χ1) is 10.7. The summed E-state index contributed by atoms with van der Waals surface area (Å²) in [5, 5.41) is 8.82. The summed E-state index contributed by atoms with van der Waals surface area (Å²) >= 11 is 0. The van der Waals surface area contributed by atoms with Gasteiger partial charge in [-0.2, -0.15) is 10.1 Å². The fourth-order valence-electron chi connectivity index (χ4n) is 1.96. The lowest BCUT2D eigenvalue weighted by molar-refractivity contribution is -0.116. The third kappa shape index (κ3) is 3.38. The Morgan fingerprint density at radius 1 is 1.27 bits per heavy atom. The van der Waals surface area contributed by atoms with Crippen molar-refractivity contribution in [1.82, 2.24) is 20.2 Å². The minimum atomic E-state index is -0.174. The van der Waals surface area contributed by atoms with Gasteiger partial charge in [-0.05, 0) is 6.92 Å². The van der Waals surface area contributed by atoms with Crippen molar-refractivity contribution in [1.29, 1.82) is 0 Å². The van der Waals surface area contributed by atoms with Crippen LogP contribution >= 0.6 is 0 Å². The molecule has 1 aromatic carbocycles. The minimum Gasteiger partial charge on any atom is -0.441 e. The first-order valence-corrected chi connectivity index (χ1v) is 6.87. The van der Waals surface area contributed by atoms with E-state index >= 15 is 0 Å². The van der Waals surface area contributed by atoms with E-state index in [1.807, 2.05) is 31.2 Å². The van der Waals surface area contributed by atoms with Gasteiger partial charge in [-0.1, -0.05) is 29.8 Å². The summed E-state index contributed by atoms with van der Waals surface area (Å²) in [7, 11) is 0. The monoisotopic (exact) mass is 297 g/mol. The Balaban J connectivity index is 1.57. The molecule has 7 heteroatoms. The summed E-state index contributed by atoms with van der Waals surface area (Å²) < 4.78 is 5.67. The molecule has 0 atom stereocenters. The van der Waals surface area contributed by atoms with Crippen molar-refractivity contribution in [2.24, 2.45) is 0 Å². The molecule has 0 saturated heterocycles. The molecule has 0 radical (unpaired) electrons. The van der Waals surface area contributed by atoms with E-state index in [2.05, 4.69) is 25.5 Å². The van der Waals surface area contributed by atoms with E-state index in [1.54, 1.807) is 6.20 Å². The van der Waals surface area contributed by atoms with Gasteiger partial charge in [0.15, 0.2) is 11.7 Å². The first-order valence-electron chi connectivity index (χ1n) is 6.87. The summed E-state index contributed by atoms with van der Waals surface area (Å²) in [6.07, 6.45) is 3.69. The van der Waals surface area contributed by atoms with E-state index in [0.29, 0.717) is 24.0 Å². The maximum Gasteiger partial charge on any atom is 0.227 e. The van der Waals surface area contributed by atoms with Crippen LogP contribution in [0.1, 0.15) is 17.9 Å². The average Bonchev–Trinajstić information content (AvgIpc) is 3.17. The van der Waals surface area contributed by atoms with E-state index < -0.39 is 0 Å². The minimum absolute atomic E-state index is 0.174. The SMILES string of the molecule is Cc1ccc(-c2cnc(CCC(=O)Nc3ncn[nH]3)o2)cc1. The van der Waals surface area contributed by atoms with Crippen LogP contribution in [-0.2, 0) is 11.2 Å². The highest BCUT2D eigenvalue weighted by Crippen LogP contribution is 2.21. The van der Waals surface area contributed by atoms with Crippen molar-refractivity contribution in [3.05, 3.63) is 48.2 Å². The van der Waals surface area contributed by atoms with Gasteiger partial charge in [0, 0.05) is 18.4 Å². The fraction of sp³-hybridized carbons (Fsp3) is 0.200. The van der Waals surface area contributed by atoms with E-state index in [-0.39, 0.29) is 12.3 Å². The Morgan fingerprint density at radius 2 is 2.09 bits per heavy atom. The van der Waals surface area contributed by atoms with E-state index in [0.717, 1.165) is 5.56 Å². The number of aromatic amines is 1. The second-order valence-corrected chi connectivity index (χ2v) is 4.87. The number of benzene rings is 1. The number of hydrogen-bond donors (Lipinski definition) is 2. The number of hydrogen-bond acceptors (Lipinski definition) is 5. The van der Waals surface area contributed by atoms with Crippen LogP contribution in [0.5, 0.6) is 0 Å². The largest absolute Gasteiger partial charge is 0.441 e. The average molecular weight is 297 g/mol. The van der Waals surface area contributed by atoms with E-state index in [4.69, 9.17) is 4.42 Å². The highest BCUT2D eigenvalue weighted by atomic mass is 16.4. The Morgan fingerprint density at radius 3 is 2.82 bits per heavy atom. The predicted molar refractivity (Wildman–Crippen MR) is 80.0 cm³/mol. The van der Waals surface area contributed by atoms with Crippen LogP contribution in [0.4, 0.5) is 5.95 Å². The van der Waals surface area contributed by atoms with E-state index in [1.165, 1.54) is 11.9 Å². The number of oxazole rings is 1. The van der Waals surface area contributed by atoms with Gasteiger partial charge in [0.1, 0.15) is 6.33 Å². The van der Waals surface area contributed by atoms with Gasteiger partial charge in [0.2, 0.25) is 11.9 Å². The normalized spacial score (nSPS) is 10.6. The maximum atomic E-state index is 11.7. The molecule has 0 unspecified atom stereocenters. The van der Waals surface area contributed by atoms with Crippen LogP contribution < -0.4 is 5.32 Å². The van der Waals surface area contributed by atoms with Gasteiger partial charge < -0.3 is 4.42 Å². The van der Waals surface area contributed by atoms with Crippen LogP contribution in [0.2, 0.25) is 0 Å². The number of carbonyl (C=O) groups excluding carboxylic acids is 1. The summed E-state index contributed by atoms with van der Waals surface area (Å²) in [5.41, 5.74) is 2.16. The molecule has 1 amide bonds. The summed E-state index contributed by atoms with van der Waals surface area (Å²) in [5.74, 6) is 1.39. The zero-order valence-electron chi connectivity index (χ0n) is 12.0. The summed E-state index contributed by atoms with van der Waals surface area (Å²) in [6, 6.07) is 8.00. The highest BCUT2D eigenvalue weighted by Gasteiger charge is 2.10. The van der Waals surface area contributed by atoms with Crippen molar-refractivity contribution in [2.75, 3.05) is 5.32 Å². The number of amides is 1. The van der Waals surface area contributed by atoms with Crippen LogP contribution in [-0.4, -0.2) is 26.1 Å². The molecular formula is C15H15N5O2. The molecule has 0 aliphatic heterocycles. The zero-order valence-corrected chi connectivity index (χ0v) is 12.0. The van der Waals surface area contributed by atoms with Crippen molar-refractivity contribution >= 4 is 11.9 Å². The molecule has 0 aliphatic carbocycles. The van der Waals surface area contributed by atoms with Crippen molar-refractivity contribution in [3.8, 4) is 11.3 Å². The van der Waals surface area contributed by atoms with Crippen molar-refractivity contribution < 1.29 is 9.21 Å². The second kappa shape index (κ2) is 6.21. The molecule has 2 heterocycles. The molecule has 0 spiro atoms. The van der Waals surface area contributed by atoms with Gasteiger partial charge in [-0.3, -0.25) is 10.1 Å². The van der Waals surface area contributed by atoms with Crippen LogP contribution in [0, 0.1) is 6.92 Å². The first kappa shape index (κ1) is 14.0. The van der Waals surface area contributed by atoms with Gasteiger partial charge in [-0.25, -0.2) is 10.1 Å². The molecule has 3 rings (SSSR count). The molecule has 112 valence electrons. The number of carbonyl (C=O) groups is 1.